The monoisotopic (exact) mass is 289 g/mol. The zero-order chi connectivity index (χ0) is 14.8. The second kappa shape index (κ2) is 6.51. The first-order valence-corrected chi connectivity index (χ1v) is 8.98. The molecule has 0 aliphatic heterocycles. The highest BCUT2D eigenvalue weighted by Gasteiger charge is 2.42. The van der Waals surface area contributed by atoms with E-state index >= 15 is 0 Å². The summed E-state index contributed by atoms with van der Waals surface area (Å²) >= 11 is 0. The molecule has 1 aromatic heterocycles. The highest BCUT2D eigenvalue weighted by atomic mass is 15.3. The maximum atomic E-state index is 4.81. The minimum atomic E-state index is 0.513. The quantitative estimate of drug-likeness (QED) is 0.827. The minimum Gasteiger partial charge on any atom is -0.314 e. The van der Waals surface area contributed by atoms with Gasteiger partial charge in [0.25, 0.3) is 0 Å². The summed E-state index contributed by atoms with van der Waals surface area (Å²) in [5.41, 5.74) is 1.27. The molecule has 5 unspecified atom stereocenters. The van der Waals surface area contributed by atoms with Gasteiger partial charge in [0.2, 0.25) is 0 Å². The first kappa shape index (κ1) is 15.1. The Morgan fingerprint density at radius 1 is 1.33 bits per heavy atom. The molecule has 1 heterocycles. The molecule has 2 fully saturated rings. The normalized spacial score (nSPS) is 30.7. The predicted octanol–water partition coefficient (Wildman–Crippen LogP) is 3.81. The molecule has 21 heavy (non-hydrogen) atoms. The van der Waals surface area contributed by atoms with Crippen molar-refractivity contribution in [3.63, 3.8) is 0 Å². The first-order valence-electron chi connectivity index (χ1n) is 8.98. The van der Waals surface area contributed by atoms with Gasteiger partial charge in [0.05, 0.1) is 5.69 Å². The lowest BCUT2D eigenvalue weighted by molar-refractivity contribution is 0.247. The van der Waals surface area contributed by atoms with E-state index in [2.05, 4.69) is 43.0 Å². The fraction of sp³-hybridized carbons (Fsp3) is 0.833. The summed E-state index contributed by atoms with van der Waals surface area (Å²) in [5.74, 6) is 2.90. The Labute approximate surface area is 129 Å². The van der Waals surface area contributed by atoms with Crippen LogP contribution in [0.3, 0.4) is 0 Å². The van der Waals surface area contributed by atoms with Crippen LogP contribution in [0.4, 0.5) is 0 Å². The Bertz CT molecular complexity index is 453. The van der Waals surface area contributed by atoms with Crippen molar-refractivity contribution < 1.29 is 0 Å². The van der Waals surface area contributed by atoms with E-state index in [9.17, 15) is 0 Å². The molecule has 1 aromatic rings. The van der Waals surface area contributed by atoms with Gasteiger partial charge >= 0.3 is 0 Å². The van der Waals surface area contributed by atoms with Gasteiger partial charge < -0.3 is 5.32 Å². The van der Waals surface area contributed by atoms with Crippen LogP contribution in [0.1, 0.15) is 64.6 Å². The highest BCUT2D eigenvalue weighted by molar-refractivity contribution is 5.05. The summed E-state index contributed by atoms with van der Waals surface area (Å²) in [6, 6.07) is 3.37. The van der Waals surface area contributed by atoms with Gasteiger partial charge in [0.15, 0.2) is 0 Å². The summed E-state index contributed by atoms with van der Waals surface area (Å²) in [5, 5.41) is 8.57. The molecule has 2 aliphatic carbocycles. The number of fused-ring (bicyclic) bond motifs is 2. The van der Waals surface area contributed by atoms with E-state index in [1.165, 1.54) is 31.4 Å². The number of nitrogens with one attached hydrogen (secondary N) is 1. The minimum absolute atomic E-state index is 0.513. The number of likely N-dealkylation sites (N-methyl/N-ethyl adjacent to an activating group) is 1. The zero-order valence-corrected chi connectivity index (χ0v) is 13.9. The number of hydrogen-bond donors (Lipinski definition) is 1. The summed E-state index contributed by atoms with van der Waals surface area (Å²) in [6.07, 6.45) is 10.3. The van der Waals surface area contributed by atoms with E-state index in [0.29, 0.717) is 12.1 Å². The van der Waals surface area contributed by atoms with Gasteiger partial charge in [-0.3, -0.25) is 4.68 Å². The number of hydrogen-bond acceptors (Lipinski definition) is 2. The van der Waals surface area contributed by atoms with Crippen LogP contribution >= 0.6 is 0 Å². The molecule has 0 saturated heterocycles. The number of aromatic nitrogens is 2. The average molecular weight is 289 g/mol. The summed E-state index contributed by atoms with van der Waals surface area (Å²) in [4.78, 5) is 0. The van der Waals surface area contributed by atoms with Crippen LogP contribution in [0.2, 0.25) is 0 Å². The molecule has 0 spiro atoms. The Morgan fingerprint density at radius 2 is 2.19 bits per heavy atom. The van der Waals surface area contributed by atoms with Crippen molar-refractivity contribution in [2.75, 3.05) is 6.54 Å². The van der Waals surface area contributed by atoms with Gasteiger partial charge in [-0.15, -0.1) is 0 Å². The van der Waals surface area contributed by atoms with Gasteiger partial charge in [-0.1, -0.05) is 20.3 Å². The van der Waals surface area contributed by atoms with E-state index in [1.807, 2.05) is 0 Å². The fourth-order valence-corrected chi connectivity index (χ4v) is 4.57. The van der Waals surface area contributed by atoms with E-state index in [-0.39, 0.29) is 0 Å². The Kier molecular flexibility index (Phi) is 4.68. The maximum absolute atomic E-state index is 4.81. The van der Waals surface area contributed by atoms with Gasteiger partial charge in [0.1, 0.15) is 0 Å². The predicted molar refractivity (Wildman–Crippen MR) is 87.3 cm³/mol. The zero-order valence-electron chi connectivity index (χ0n) is 13.9. The standard InChI is InChI=1S/C18H31N3/c1-4-13(3)21-9-8-16(20-21)12-18(19-5-2)17-11-14-6-7-15(17)10-14/h8-9,13-15,17-19H,4-7,10-12H2,1-3H3. The second-order valence-electron chi connectivity index (χ2n) is 7.25. The summed E-state index contributed by atoms with van der Waals surface area (Å²) in [6.45, 7) is 7.78. The third-order valence-corrected chi connectivity index (χ3v) is 5.91. The third-order valence-electron chi connectivity index (χ3n) is 5.91. The molecule has 2 bridgehead atoms. The van der Waals surface area contributed by atoms with Crippen LogP contribution in [0.5, 0.6) is 0 Å². The average Bonchev–Trinajstić information content (AvgIpc) is 3.22. The highest BCUT2D eigenvalue weighted by Crippen LogP contribution is 2.49. The number of rotatable bonds is 7. The topological polar surface area (TPSA) is 29.9 Å². The largest absolute Gasteiger partial charge is 0.314 e. The van der Waals surface area contributed by atoms with Crippen molar-refractivity contribution >= 4 is 0 Å². The van der Waals surface area contributed by atoms with E-state index in [4.69, 9.17) is 5.10 Å². The van der Waals surface area contributed by atoms with Crippen LogP contribution in [-0.4, -0.2) is 22.4 Å². The maximum Gasteiger partial charge on any atom is 0.0640 e. The molecule has 3 rings (SSSR count). The third kappa shape index (κ3) is 3.18. The van der Waals surface area contributed by atoms with E-state index in [1.54, 1.807) is 0 Å². The van der Waals surface area contributed by atoms with Crippen molar-refractivity contribution in [1.29, 1.82) is 0 Å². The Hall–Kier alpha value is -0.830. The van der Waals surface area contributed by atoms with Crippen LogP contribution in [0.15, 0.2) is 12.3 Å². The lowest BCUT2D eigenvalue weighted by Crippen LogP contribution is -2.40. The second-order valence-corrected chi connectivity index (χ2v) is 7.25. The molecule has 1 N–H and O–H groups in total. The summed E-state index contributed by atoms with van der Waals surface area (Å²) < 4.78 is 2.14. The molecule has 0 radical (unpaired) electrons. The smallest absolute Gasteiger partial charge is 0.0640 e. The van der Waals surface area contributed by atoms with Crippen molar-refractivity contribution in [2.45, 2.75) is 71.4 Å². The first-order chi connectivity index (χ1) is 10.2. The molecule has 5 atom stereocenters. The Morgan fingerprint density at radius 3 is 2.81 bits per heavy atom. The molecule has 0 aromatic carbocycles. The summed E-state index contributed by atoms with van der Waals surface area (Å²) in [7, 11) is 0. The van der Waals surface area contributed by atoms with E-state index in [0.717, 1.165) is 37.1 Å². The molecule has 118 valence electrons. The van der Waals surface area contributed by atoms with E-state index < -0.39 is 0 Å². The molecule has 0 amide bonds. The molecular weight excluding hydrogens is 258 g/mol. The van der Waals surface area contributed by atoms with Crippen LogP contribution in [0, 0.1) is 17.8 Å². The molecule has 2 aliphatic rings. The van der Waals surface area contributed by atoms with Gasteiger partial charge in [-0.05, 0) is 63.0 Å². The van der Waals surface area contributed by atoms with Crippen molar-refractivity contribution in [3.8, 4) is 0 Å². The van der Waals surface area contributed by atoms with Crippen LogP contribution in [-0.2, 0) is 6.42 Å². The van der Waals surface area contributed by atoms with Crippen molar-refractivity contribution in [2.24, 2.45) is 17.8 Å². The van der Waals surface area contributed by atoms with Crippen LogP contribution in [0.25, 0.3) is 0 Å². The molecule has 3 heteroatoms. The molecular formula is C18H31N3. The van der Waals surface area contributed by atoms with Gasteiger partial charge in [-0.2, -0.15) is 5.10 Å². The van der Waals surface area contributed by atoms with Gasteiger partial charge in [0, 0.05) is 24.7 Å². The molecule has 2 saturated carbocycles. The fourth-order valence-electron chi connectivity index (χ4n) is 4.57. The lowest BCUT2D eigenvalue weighted by Gasteiger charge is -2.30. The van der Waals surface area contributed by atoms with Crippen molar-refractivity contribution in [1.82, 2.24) is 15.1 Å². The molecule has 3 nitrogen and oxygen atoms in total. The number of nitrogens with zero attached hydrogens (tertiary/aromatic N) is 2. The van der Waals surface area contributed by atoms with Crippen molar-refractivity contribution in [3.05, 3.63) is 18.0 Å². The van der Waals surface area contributed by atoms with Gasteiger partial charge in [-0.25, -0.2) is 0 Å². The lowest BCUT2D eigenvalue weighted by atomic mass is 9.81. The SMILES string of the molecule is CCNC(Cc1ccn(C(C)CC)n1)C1CC2CCC1C2. The Balaban J connectivity index is 1.66. The van der Waals surface area contributed by atoms with Crippen LogP contribution < -0.4 is 5.32 Å².